The molecule has 3 rings (SSSR count). The number of fused-ring (bicyclic) bond motifs is 1. The number of benzene rings is 2. The van der Waals surface area contributed by atoms with Gasteiger partial charge in [-0.25, -0.2) is 0 Å². The first-order chi connectivity index (χ1) is 13.5. The minimum absolute atomic E-state index is 0.0190. The molecule has 4 nitrogen and oxygen atoms in total. The summed E-state index contributed by atoms with van der Waals surface area (Å²) in [6.07, 6.45) is 2.29. The minimum Gasteiger partial charge on any atom is -0.511 e. The van der Waals surface area contributed by atoms with Gasteiger partial charge in [0.15, 0.2) is 5.78 Å². The highest BCUT2D eigenvalue weighted by Crippen LogP contribution is 2.38. The van der Waals surface area contributed by atoms with E-state index in [1.807, 2.05) is 26.0 Å². The lowest BCUT2D eigenvalue weighted by Gasteiger charge is -2.26. The zero-order chi connectivity index (χ0) is 20.3. The van der Waals surface area contributed by atoms with E-state index in [-0.39, 0.29) is 17.5 Å². The van der Waals surface area contributed by atoms with Crippen LogP contribution in [0.3, 0.4) is 0 Å². The fraction of sp³-hybridized carbons (Fsp3) is 0.417. The Labute approximate surface area is 166 Å². The van der Waals surface area contributed by atoms with Crippen molar-refractivity contribution in [3.8, 4) is 0 Å². The first kappa shape index (κ1) is 20.1. The quantitative estimate of drug-likeness (QED) is 0.501. The third kappa shape index (κ3) is 3.82. The molecule has 0 aromatic heterocycles. The molecule has 148 valence electrons. The Bertz CT molecular complexity index is 956. The van der Waals surface area contributed by atoms with E-state index in [2.05, 4.69) is 37.2 Å². The topological polar surface area (TPSA) is 58.9 Å². The molecule has 1 atom stereocenters. The summed E-state index contributed by atoms with van der Waals surface area (Å²) in [6, 6.07) is 10.5. The van der Waals surface area contributed by atoms with Crippen molar-refractivity contribution in [2.45, 2.75) is 59.3 Å². The molecule has 0 saturated carbocycles. The Hall–Kier alpha value is -2.62. The van der Waals surface area contributed by atoms with Gasteiger partial charge in [0, 0.05) is 12.8 Å². The molecule has 1 aliphatic carbocycles. The number of aliphatic hydroxyl groups is 1. The predicted molar refractivity (Wildman–Crippen MR) is 114 cm³/mol. The van der Waals surface area contributed by atoms with Crippen LogP contribution in [0.2, 0.25) is 0 Å². The van der Waals surface area contributed by atoms with Gasteiger partial charge in [-0.05, 0) is 60.6 Å². The lowest BCUT2D eigenvalue weighted by atomic mass is 9.78. The first-order valence-corrected chi connectivity index (χ1v) is 10.1. The van der Waals surface area contributed by atoms with Crippen LogP contribution in [0.4, 0.5) is 0 Å². The molecule has 0 heterocycles. The molecule has 0 saturated heterocycles. The summed E-state index contributed by atoms with van der Waals surface area (Å²) in [5, 5.41) is 17.3. The number of aryl methyl sites for hydroxylation is 2. The van der Waals surface area contributed by atoms with E-state index < -0.39 is 0 Å². The molecule has 0 radical (unpaired) electrons. The van der Waals surface area contributed by atoms with Crippen LogP contribution in [0.5, 0.6) is 0 Å². The highest BCUT2D eigenvalue weighted by atomic mass is 16.6. The van der Waals surface area contributed by atoms with Gasteiger partial charge < -0.3 is 9.94 Å². The van der Waals surface area contributed by atoms with Gasteiger partial charge in [0.1, 0.15) is 12.4 Å². The van der Waals surface area contributed by atoms with Crippen LogP contribution in [0.1, 0.15) is 62.1 Å². The van der Waals surface area contributed by atoms with Crippen LogP contribution < -0.4 is 0 Å². The zero-order valence-corrected chi connectivity index (χ0v) is 17.2. The van der Waals surface area contributed by atoms with E-state index in [9.17, 15) is 9.90 Å². The molecule has 28 heavy (non-hydrogen) atoms. The number of carbonyl (C=O) groups is 1. The molecule has 2 aromatic carbocycles. The third-order valence-corrected chi connectivity index (χ3v) is 5.52. The lowest BCUT2D eigenvalue weighted by molar-refractivity contribution is -0.116. The third-order valence-electron chi connectivity index (χ3n) is 5.52. The van der Waals surface area contributed by atoms with Crippen molar-refractivity contribution in [1.29, 1.82) is 0 Å². The summed E-state index contributed by atoms with van der Waals surface area (Å²) < 4.78 is 0. The maximum atomic E-state index is 13.0. The zero-order valence-electron chi connectivity index (χ0n) is 17.2. The number of hydrogen-bond donors (Lipinski definition) is 1. The lowest BCUT2D eigenvalue weighted by Crippen LogP contribution is -2.24. The van der Waals surface area contributed by atoms with Gasteiger partial charge in [-0.2, -0.15) is 0 Å². The number of hydrogen-bond acceptors (Lipinski definition) is 4. The Morgan fingerprint density at radius 1 is 1.18 bits per heavy atom. The van der Waals surface area contributed by atoms with Crippen LogP contribution in [0.15, 0.2) is 46.8 Å². The van der Waals surface area contributed by atoms with Gasteiger partial charge in [-0.15, -0.1) is 0 Å². The molecule has 0 aliphatic heterocycles. The average Bonchev–Trinajstić information content (AvgIpc) is 2.68. The average molecular weight is 380 g/mol. The number of ketones is 1. The molecule has 0 amide bonds. The number of carbonyl (C=O) groups excluding carboxylic acids is 1. The molecular formula is C24H29NO3. The second-order valence-electron chi connectivity index (χ2n) is 7.51. The molecule has 0 spiro atoms. The second-order valence-corrected chi connectivity index (χ2v) is 7.51. The van der Waals surface area contributed by atoms with Crippen molar-refractivity contribution < 1.29 is 14.7 Å². The van der Waals surface area contributed by atoms with Crippen molar-refractivity contribution in [2.75, 3.05) is 6.61 Å². The fourth-order valence-corrected chi connectivity index (χ4v) is 4.19. The summed E-state index contributed by atoms with van der Waals surface area (Å²) >= 11 is 0. The van der Waals surface area contributed by atoms with E-state index in [0.29, 0.717) is 37.2 Å². The maximum Gasteiger partial charge on any atom is 0.168 e. The second kappa shape index (κ2) is 8.59. The van der Waals surface area contributed by atoms with E-state index in [1.54, 1.807) is 0 Å². The minimum atomic E-state index is -0.0501. The monoisotopic (exact) mass is 379 g/mol. The predicted octanol–water partition coefficient (Wildman–Crippen LogP) is 5.91. The molecule has 1 unspecified atom stereocenters. The van der Waals surface area contributed by atoms with Gasteiger partial charge in [-0.3, -0.25) is 4.79 Å². The Morgan fingerprint density at radius 2 is 1.89 bits per heavy atom. The van der Waals surface area contributed by atoms with Crippen LogP contribution in [-0.2, 0) is 9.63 Å². The SMILES string of the molecule is CCC/C(=N\OCC)C1=C(O)CC(c2cc(C)c3ccccc3c2C)CC1=O. The Balaban J connectivity index is 2.00. The van der Waals surface area contributed by atoms with Crippen LogP contribution in [0, 0.1) is 13.8 Å². The summed E-state index contributed by atoms with van der Waals surface area (Å²) in [6.45, 7) is 8.52. The van der Waals surface area contributed by atoms with Crippen LogP contribution in [-0.4, -0.2) is 23.2 Å². The van der Waals surface area contributed by atoms with Gasteiger partial charge in [0.2, 0.25) is 0 Å². The largest absolute Gasteiger partial charge is 0.511 e. The molecule has 1 aliphatic rings. The molecule has 2 aromatic rings. The Kier molecular flexibility index (Phi) is 6.18. The molecular weight excluding hydrogens is 350 g/mol. The van der Waals surface area contributed by atoms with Crippen molar-refractivity contribution in [3.63, 3.8) is 0 Å². The van der Waals surface area contributed by atoms with Gasteiger partial charge in [0.05, 0.1) is 11.3 Å². The smallest absolute Gasteiger partial charge is 0.168 e. The standard InChI is InChI=1S/C24H29NO3/c1-5-9-21(25-28-6-2)24-22(26)13-17(14-23(24)27)20-12-15(3)18-10-7-8-11-19(18)16(20)4/h7-8,10-12,17,26H,5-6,9,13-14H2,1-4H3/b25-21+. The maximum absolute atomic E-state index is 13.0. The van der Waals surface area contributed by atoms with Crippen LogP contribution >= 0.6 is 0 Å². The number of nitrogens with zero attached hydrogens (tertiary/aromatic N) is 1. The number of rotatable bonds is 6. The van der Waals surface area contributed by atoms with Gasteiger partial charge in [-0.1, -0.05) is 48.8 Å². The molecule has 0 fully saturated rings. The van der Waals surface area contributed by atoms with E-state index in [0.717, 1.165) is 12.0 Å². The first-order valence-electron chi connectivity index (χ1n) is 10.1. The van der Waals surface area contributed by atoms with Crippen molar-refractivity contribution in [2.24, 2.45) is 5.16 Å². The number of allylic oxidation sites excluding steroid dienone is 2. The van der Waals surface area contributed by atoms with E-state index in [1.165, 1.54) is 21.9 Å². The van der Waals surface area contributed by atoms with Crippen molar-refractivity contribution in [1.82, 2.24) is 0 Å². The fourth-order valence-electron chi connectivity index (χ4n) is 4.19. The Morgan fingerprint density at radius 3 is 2.54 bits per heavy atom. The summed E-state index contributed by atoms with van der Waals surface area (Å²) in [4.78, 5) is 18.2. The van der Waals surface area contributed by atoms with Crippen molar-refractivity contribution >= 4 is 22.3 Å². The van der Waals surface area contributed by atoms with Crippen molar-refractivity contribution in [3.05, 3.63) is 58.4 Å². The van der Waals surface area contributed by atoms with Gasteiger partial charge in [0.25, 0.3) is 0 Å². The normalized spacial score (nSPS) is 18.1. The summed E-state index contributed by atoms with van der Waals surface area (Å²) in [5.41, 5.74) is 4.46. The summed E-state index contributed by atoms with van der Waals surface area (Å²) in [7, 11) is 0. The molecule has 1 N–H and O–H groups in total. The molecule has 0 bridgehead atoms. The molecule has 4 heteroatoms. The summed E-state index contributed by atoms with van der Waals surface area (Å²) in [5.74, 6) is 0.0683. The highest BCUT2D eigenvalue weighted by molar-refractivity contribution is 6.23. The van der Waals surface area contributed by atoms with Crippen LogP contribution in [0.25, 0.3) is 10.8 Å². The highest BCUT2D eigenvalue weighted by Gasteiger charge is 2.32. The van der Waals surface area contributed by atoms with E-state index in [4.69, 9.17) is 4.84 Å². The van der Waals surface area contributed by atoms with E-state index >= 15 is 0 Å². The number of aliphatic hydroxyl groups excluding tert-OH is 1. The number of oxime groups is 1. The van der Waals surface area contributed by atoms with Gasteiger partial charge >= 0.3 is 0 Å². The number of Topliss-reactive ketones (excluding diaryl/α,β-unsaturated/α-hetero) is 1.